The number of halogens is 2. The van der Waals surface area contributed by atoms with Gasteiger partial charge in [-0.25, -0.2) is 4.39 Å². The number of carbonyl (C=O) groups excluding carboxylic acids is 1. The molecule has 0 aliphatic heterocycles. The van der Waals surface area contributed by atoms with Crippen LogP contribution in [0, 0.1) is 12.7 Å². The molecule has 0 saturated carbocycles. The van der Waals surface area contributed by atoms with Crippen molar-refractivity contribution < 1.29 is 13.9 Å². The standard InChI is InChI=1S/C15H12ClFO2/c1-9-8-11(6-7-13(9)16)19-15-12(10(2)18)4-3-5-14(15)17/h3-8H,1-2H3. The van der Waals surface area contributed by atoms with E-state index in [0.29, 0.717) is 10.8 Å². The number of rotatable bonds is 3. The summed E-state index contributed by atoms with van der Waals surface area (Å²) in [5.74, 6) is -0.438. The minimum atomic E-state index is -0.569. The first-order valence-corrected chi connectivity index (χ1v) is 6.10. The minimum Gasteiger partial charge on any atom is -0.454 e. The molecule has 2 rings (SSSR count). The van der Waals surface area contributed by atoms with Gasteiger partial charge in [-0.05, 0) is 49.7 Å². The molecule has 0 heterocycles. The number of hydrogen-bond acceptors (Lipinski definition) is 2. The van der Waals surface area contributed by atoms with Crippen molar-refractivity contribution in [2.75, 3.05) is 0 Å². The molecule has 0 amide bonds. The van der Waals surface area contributed by atoms with Crippen LogP contribution in [0.1, 0.15) is 22.8 Å². The van der Waals surface area contributed by atoms with Gasteiger partial charge in [-0.15, -0.1) is 0 Å². The summed E-state index contributed by atoms with van der Waals surface area (Å²) in [4.78, 5) is 11.5. The molecule has 0 unspecified atom stereocenters. The molecule has 0 fully saturated rings. The maximum absolute atomic E-state index is 13.8. The summed E-state index contributed by atoms with van der Waals surface area (Å²) in [5.41, 5.74) is 1.03. The molecule has 98 valence electrons. The van der Waals surface area contributed by atoms with Crippen molar-refractivity contribution in [3.05, 3.63) is 58.4 Å². The fourth-order valence-electron chi connectivity index (χ4n) is 1.69. The van der Waals surface area contributed by atoms with E-state index in [1.54, 1.807) is 18.2 Å². The predicted octanol–water partition coefficient (Wildman–Crippen LogP) is 4.78. The number of ether oxygens (including phenoxy) is 1. The molecule has 0 aliphatic rings. The van der Waals surface area contributed by atoms with Crippen LogP contribution in [0.15, 0.2) is 36.4 Å². The molecule has 0 bridgehead atoms. The van der Waals surface area contributed by atoms with Crippen LogP contribution in [0.3, 0.4) is 0 Å². The topological polar surface area (TPSA) is 26.3 Å². The monoisotopic (exact) mass is 278 g/mol. The highest BCUT2D eigenvalue weighted by atomic mass is 35.5. The van der Waals surface area contributed by atoms with Gasteiger partial charge in [0.05, 0.1) is 5.56 Å². The molecular weight excluding hydrogens is 267 g/mol. The first-order chi connectivity index (χ1) is 8.99. The van der Waals surface area contributed by atoms with Gasteiger partial charge in [0.1, 0.15) is 5.75 Å². The molecule has 0 spiro atoms. The van der Waals surface area contributed by atoms with Crippen LogP contribution in [0.4, 0.5) is 4.39 Å². The van der Waals surface area contributed by atoms with Gasteiger partial charge in [-0.3, -0.25) is 4.79 Å². The second-order valence-corrected chi connectivity index (χ2v) is 4.59. The molecule has 0 saturated heterocycles. The van der Waals surface area contributed by atoms with Crippen LogP contribution in [0.2, 0.25) is 5.02 Å². The molecule has 2 aromatic carbocycles. The number of para-hydroxylation sites is 1. The number of aryl methyl sites for hydroxylation is 1. The highest BCUT2D eigenvalue weighted by Crippen LogP contribution is 2.30. The van der Waals surface area contributed by atoms with Crippen molar-refractivity contribution in [2.45, 2.75) is 13.8 Å². The lowest BCUT2D eigenvalue weighted by molar-refractivity contribution is 0.101. The largest absolute Gasteiger partial charge is 0.454 e. The van der Waals surface area contributed by atoms with Gasteiger partial charge in [0.2, 0.25) is 0 Å². The summed E-state index contributed by atoms with van der Waals surface area (Å²) in [6.07, 6.45) is 0. The van der Waals surface area contributed by atoms with E-state index in [4.69, 9.17) is 16.3 Å². The zero-order valence-corrected chi connectivity index (χ0v) is 11.3. The van der Waals surface area contributed by atoms with E-state index >= 15 is 0 Å². The molecule has 0 aliphatic carbocycles. The summed E-state index contributed by atoms with van der Waals surface area (Å²) in [5, 5.41) is 0.604. The minimum absolute atomic E-state index is 0.0586. The van der Waals surface area contributed by atoms with Gasteiger partial charge in [0, 0.05) is 5.02 Å². The van der Waals surface area contributed by atoms with Gasteiger partial charge in [-0.2, -0.15) is 0 Å². The van der Waals surface area contributed by atoms with E-state index in [0.717, 1.165) is 5.56 Å². The van der Waals surface area contributed by atoms with Crippen LogP contribution in [0.25, 0.3) is 0 Å². The van der Waals surface area contributed by atoms with Crippen LogP contribution < -0.4 is 4.74 Å². The molecular formula is C15H12ClFO2. The van der Waals surface area contributed by atoms with E-state index in [1.807, 2.05) is 6.92 Å². The third-order valence-electron chi connectivity index (χ3n) is 2.70. The van der Waals surface area contributed by atoms with Crippen molar-refractivity contribution >= 4 is 17.4 Å². The summed E-state index contributed by atoms with van der Waals surface area (Å²) in [7, 11) is 0. The number of benzene rings is 2. The average molecular weight is 279 g/mol. The lowest BCUT2D eigenvalue weighted by atomic mass is 10.1. The van der Waals surface area contributed by atoms with Crippen molar-refractivity contribution in [3.63, 3.8) is 0 Å². The summed E-state index contributed by atoms with van der Waals surface area (Å²) < 4.78 is 19.3. The van der Waals surface area contributed by atoms with Gasteiger partial charge in [-0.1, -0.05) is 17.7 Å². The molecule has 0 N–H and O–H groups in total. The molecule has 19 heavy (non-hydrogen) atoms. The number of ketones is 1. The fraction of sp³-hybridized carbons (Fsp3) is 0.133. The van der Waals surface area contributed by atoms with Gasteiger partial charge >= 0.3 is 0 Å². The molecule has 2 nitrogen and oxygen atoms in total. The second-order valence-electron chi connectivity index (χ2n) is 4.19. The van der Waals surface area contributed by atoms with E-state index in [1.165, 1.54) is 25.1 Å². The highest BCUT2D eigenvalue weighted by Gasteiger charge is 2.14. The van der Waals surface area contributed by atoms with Crippen molar-refractivity contribution in [2.24, 2.45) is 0 Å². The quantitative estimate of drug-likeness (QED) is 0.755. The van der Waals surface area contributed by atoms with Crippen LogP contribution in [0.5, 0.6) is 11.5 Å². The van der Waals surface area contributed by atoms with Crippen molar-refractivity contribution in [1.82, 2.24) is 0 Å². The number of hydrogen-bond donors (Lipinski definition) is 0. The predicted molar refractivity (Wildman–Crippen MR) is 72.7 cm³/mol. The lowest BCUT2D eigenvalue weighted by Gasteiger charge is -2.11. The average Bonchev–Trinajstić information content (AvgIpc) is 2.36. The number of carbonyl (C=O) groups is 1. The third kappa shape index (κ3) is 2.93. The normalized spacial score (nSPS) is 10.3. The Morgan fingerprint density at radius 3 is 2.63 bits per heavy atom. The Balaban J connectivity index is 2.42. The fourth-order valence-corrected chi connectivity index (χ4v) is 1.81. The van der Waals surface area contributed by atoms with Crippen molar-refractivity contribution in [3.8, 4) is 11.5 Å². The Hall–Kier alpha value is -1.87. The van der Waals surface area contributed by atoms with Gasteiger partial charge in [0.15, 0.2) is 17.3 Å². The summed E-state index contributed by atoms with van der Waals surface area (Å²) in [6.45, 7) is 3.19. The highest BCUT2D eigenvalue weighted by molar-refractivity contribution is 6.31. The van der Waals surface area contributed by atoms with Gasteiger partial charge < -0.3 is 4.74 Å². The summed E-state index contributed by atoms with van der Waals surface area (Å²) >= 11 is 5.91. The zero-order chi connectivity index (χ0) is 14.0. The third-order valence-corrected chi connectivity index (χ3v) is 3.12. The maximum Gasteiger partial charge on any atom is 0.173 e. The molecule has 2 aromatic rings. The Morgan fingerprint density at radius 1 is 1.26 bits per heavy atom. The van der Waals surface area contributed by atoms with Crippen LogP contribution >= 0.6 is 11.6 Å². The SMILES string of the molecule is CC(=O)c1cccc(F)c1Oc1ccc(Cl)c(C)c1. The molecule has 4 heteroatoms. The molecule has 0 atom stereocenters. The van der Waals surface area contributed by atoms with E-state index in [2.05, 4.69) is 0 Å². The zero-order valence-electron chi connectivity index (χ0n) is 10.5. The Morgan fingerprint density at radius 2 is 2.00 bits per heavy atom. The first kappa shape index (κ1) is 13.6. The Labute approximate surface area is 115 Å². The van der Waals surface area contributed by atoms with E-state index in [9.17, 15) is 9.18 Å². The summed E-state index contributed by atoms with van der Waals surface area (Å²) in [6, 6.07) is 9.25. The maximum atomic E-state index is 13.8. The van der Waals surface area contributed by atoms with Crippen LogP contribution in [-0.2, 0) is 0 Å². The Kier molecular flexibility index (Phi) is 3.86. The number of Topliss-reactive ketones (excluding diaryl/α,β-unsaturated/α-hetero) is 1. The van der Waals surface area contributed by atoms with Crippen LogP contribution in [-0.4, -0.2) is 5.78 Å². The van der Waals surface area contributed by atoms with E-state index < -0.39 is 5.82 Å². The Bertz CT molecular complexity index is 638. The van der Waals surface area contributed by atoms with Gasteiger partial charge in [0.25, 0.3) is 0 Å². The lowest BCUT2D eigenvalue weighted by Crippen LogP contribution is -1.99. The molecule has 0 aromatic heterocycles. The first-order valence-electron chi connectivity index (χ1n) is 5.72. The second kappa shape index (κ2) is 5.41. The molecule has 0 radical (unpaired) electrons. The smallest absolute Gasteiger partial charge is 0.173 e. The van der Waals surface area contributed by atoms with E-state index in [-0.39, 0.29) is 17.1 Å². The van der Waals surface area contributed by atoms with Crippen molar-refractivity contribution in [1.29, 1.82) is 0 Å².